The second-order valence-corrected chi connectivity index (χ2v) is 9.71. The molecule has 34 heavy (non-hydrogen) atoms. The minimum absolute atomic E-state index is 0.602. The van der Waals surface area contributed by atoms with Crippen LogP contribution < -0.4 is 4.74 Å². The molecule has 0 spiro atoms. The molecule has 0 aromatic heterocycles. The molecule has 8 nitrogen and oxygen atoms in total. The van der Waals surface area contributed by atoms with Gasteiger partial charge in [0.15, 0.2) is 5.92 Å². The van der Waals surface area contributed by atoms with Crippen LogP contribution in [0.5, 0.6) is 5.75 Å². The highest BCUT2D eigenvalue weighted by atomic mass is 16.6. The molecule has 0 aliphatic carbocycles. The van der Waals surface area contributed by atoms with Crippen molar-refractivity contribution in [1.82, 2.24) is 0 Å². The molecule has 0 bridgehead atoms. The topological polar surface area (TPSA) is 105 Å². The molecule has 0 heterocycles. The van der Waals surface area contributed by atoms with Gasteiger partial charge in [-0.25, -0.2) is 0 Å². The number of rotatable bonds is 8. The van der Waals surface area contributed by atoms with Crippen molar-refractivity contribution in [2.45, 2.75) is 66.1 Å². The highest BCUT2D eigenvalue weighted by Crippen LogP contribution is 2.24. The van der Waals surface area contributed by atoms with Crippen LogP contribution in [0.2, 0.25) is 0 Å². The Morgan fingerprint density at radius 3 is 1.91 bits per heavy atom. The summed E-state index contributed by atoms with van der Waals surface area (Å²) in [5.41, 5.74) is 0.0154. The molecular formula is C26H35NO7. The van der Waals surface area contributed by atoms with Crippen molar-refractivity contribution in [3.63, 3.8) is 0 Å². The fraction of sp³-hybridized carbons (Fsp3) is 0.538. The first kappa shape index (κ1) is 28.7. The maximum atomic E-state index is 12.9. The van der Waals surface area contributed by atoms with Crippen LogP contribution in [0.4, 0.5) is 0 Å². The number of methoxy groups -OCH3 is 1. The average Bonchev–Trinajstić information content (AvgIpc) is 2.68. The number of allylic oxidation sites excluding steroid dienone is 2. The van der Waals surface area contributed by atoms with Gasteiger partial charge in [0.05, 0.1) is 7.11 Å². The molecule has 1 aromatic carbocycles. The highest BCUT2D eigenvalue weighted by Gasteiger charge is 2.42. The number of carbonyl (C=O) groups is 2. The number of benzene rings is 1. The summed E-state index contributed by atoms with van der Waals surface area (Å²) in [6, 6.07) is 7.41. The van der Waals surface area contributed by atoms with Crippen molar-refractivity contribution >= 4 is 17.5 Å². The number of hydrogen-bond acceptors (Lipinski definition) is 7. The van der Waals surface area contributed by atoms with Gasteiger partial charge in [0, 0.05) is 4.92 Å². The van der Waals surface area contributed by atoms with E-state index in [4.69, 9.17) is 14.2 Å². The van der Waals surface area contributed by atoms with Crippen molar-refractivity contribution < 1.29 is 28.7 Å². The molecule has 1 rings (SSSR count). The third-order valence-corrected chi connectivity index (χ3v) is 4.43. The van der Waals surface area contributed by atoms with E-state index in [0.717, 1.165) is 11.1 Å². The third kappa shape index (κ3) is 10.1. The number of nitro groups is 1. The number of esters is 2. The summed E-state index contributed by atoms with van der Waals surface area (Å²) in [6.45, 7) is 11.1. The first-order valence-electron chi connectivity index (χ1n) is 11.1. The Morgan fingerprint density at radius 2 is 1.53 bits per heavy atom. The van der Waals surface area contributed by atoms with Crippen LogP contribution in [0.3, 0.4) is 0 Å². The lowest BCUT2D eigenvalue weighted by molar-refractivity contribution is -0.486. The van der Waals surface area contributed by atoms with Gasteiger partial charge in [-0.2, -0.15) is 0 Å². The summed E-state index contributed by atoms with van der Waals surface area (Å²) in [5.74, 6) is 1.68. The molecule has 0 aliphatic heterocycles. The Kier molecular flexibility index (Phi) is 10.3. The van der Waals surface area contributed by atoms with E-state index in [2.05, 4.69) is 11.8 Å². The van der Waals surface area contributed by atoms with Gasteiger partial charge in [-0.3, -0.25) is 19.7 Å². The second kappa shape index (κ2) is 12.2. The van der Waals surface area contributed by atoms with Gasteiger partial charge in [0.2, 0.25) is 6.54 Å². The molecule has 0 saturated carbocycles. The molecule has 0 saturated heterocycles. The normalized spacial score (nSPS) is 12.9. The minimum atomic E-state index is -1.56. The van der Waals surface area contributed by atoms with E-state index in [0.29, 0.717) is 12.2 Å². The van der Waals surface area contributed by atoms with Gasteiger partial charge in [0.25, 0.3) is 0 Å². The van der Waals surface area contributed by atoms with Crippen LogP contribution in [0.25, 0.3) is 5.57 Å². The monoisotopic (exact) mass is 473 g/mol. The Morgan fingerprint density at radius 1 is 1.03 bits per heavy atom. The largest absolute Gasteiger partial charge is 0.497 e. The smallest absolute Gasteiger partial charge is 0.322 e. The fourth-order valence-electron chi connectivity index (χ4n) is 2.98. The zero-order chi connectivity index (χ0) is 26.1. The van der Waals surface area contributed by atoms with E-state index in [1.54, 1.807) is 54.7 Å². The Bertz CT molecular complexity index is 926. The first-order chi connectivity index (χ1) is 15.7. The molecule has 1 unspecified atom stereocenters. The van der Waals surface area contributed by atoms with E-state index in [1.165, 1.54) is 0 Å². The molecule has 8 heteroatoms. The van der Waals surface area contributed by atoms with Crippen molar-refractivity contribution in [2.75, 3.05) is 13.7 Å². The number of ether oxygens (including phenoxy) is 3. The lowest BCUT2D eigenvalue weighted by atomic mass is 9.91. The Hall–Kier alpha value is -3.34. The molecule has 0 radical (unpaired) electrons. The zero-order valence-corrected chi connectivity index (χ0v) is 21.3. The average molecular weight is 474 g/mol. The maximum absolute atomic E-state index is 12.9. The quantitative estimate of drug-likeness (QED) is 0.177. The zero-order valence-electron chi connectivity index (χ0n) is 21.3. The SMILES string of the molecule is CC/C(=C\C#CC(C[N+](=O)[O-])C(C(=O)OC(C)(C)C)C(=O)OC(C)(C)C)c1ccc(OC)cc1. The maximum Gasteiger partial charge on any atom is 0.322 e. The van der Waals surface area contributed by atoms with Crippen molar-refractivity contribution in [1.29, 1.82) is 0 Å². The number of carbonyl (C=O) groups excluding carboxylic acids is 2. The molecule has 186 valence electrons. The highest BCUT2D eigenvalue weighted by molar-refractivity contribution is 5.96. The van der Waals surface area contributed by atoms with Crippen molar-refractivity contribution in [3.05, 3.63) is 46.0 Å². The molecular weight excluding hydrogens is 438 g/mol. The van der Waals surface area contributed by atoms with Gasteiger partial charge in [-0.1, -0.05) is 30.9 Å². The summed E-state index contributed by atoms with van der Waals surface area (Å²) in [5, 5.41) is 11.4. The van der Waals surface area contributed by atoms with E-state index in [9.17, 15) is 19.7 Å². The Balaban J connectivity index is 3.40. The van der Waals surface area contributed by atoms with Crippen LogP contribution in [-0.2, 0) is 19.1 Å². The summed E-state index contributed by atoms with van der Waals surface area (Å²) in [6.07, 6.45) is 2.29. The van der Waals surface area contributed by atoms with E-state index >= 15 is 0 Å². The fourth-order valence-corrected chi connectivity index (χ4v) is 2.98. The summed E-state index contributed by atoms with van der Waals surface area (Å²) >= 11 is 0. The molecule has 1 aromatic rings. The van der Waals surface area contributed by atoms with Gasteiger partial charge >= 0.3 is 11.9 Å². The first-order valence-corrected chi connectivity index (χ1v) is 11.1. The van der Waals surface area contributed by atoms with Crippen LogP contribution in [0.15, 0.2) is 30.3 Å². The summed E-state index contributed by atoms with van der Waals surface area (Å²) in [4.78, 5) is 36.6. The van der Waals surface area contributed by atoms with Crippen LogP contribution in [0.1, 0.15) is 60.5 Å². The van der Waals surface area contributed by atoms with Crippen molar-refractivity contribution in [2.24, 2.45) is 11.8 Å². The van der Waals surface area contributed by atoms with Gasteiger partial charge < -0.3 is 14.2 Å². The predicted octanol–water partition coefficient (Wildman–Crippen LogP) is 4.68. The second-order valence-electron chi connectivity index (χ2n) is 9.71. The lowest BCUT2D eigenvalue weighted by Crippen LogP contribution is -2.42. The van der Waals surface area contributed by atoms with E-state index in [-0.39, 0.29) is 0 Å². The van der Waals surface area contributed by atoms with Gasteiger partial charge in [0.1, 0.15) is 22.9 Å². The van der Waals surface area contributed by atoms with Crippen LogP contribution >= 0.6 is 0 Å². The molecule has 0 N–H and O–H groups in total. The predicted molar refractivity (Wildman–Crippen MR) is 130 cm³/mol. The minimum Gasteiger partial charge on any atom is -0.497 e. The Labute approximate surface area is 201 Å². The van der Waals surface area contributed by atoms with Crippen LogP contribution in [0, 0.1) is 33.8 Å². The van der Waals surface area contributed by atoms with Gasteiger partial charge in [-0.15, -0.1) is 0 Å². The van der Waals surface area contributed by atoms with Gasteiger partial charge in [-0.05, 0) is 77.3 Å². The lowest BCUT2D eigenvalue weighted by Gasteiger charge is -2.27. The summed E-state index contributed by atoms with van der Waals surface area (Å²) < 4.78 is 15.9. The number of nitrogens with zero attached hydrogens (tertiary/aromatic N) is 1. The molecule has 0 amide bonds. The van der Waals surface area contributed by atoms with Crippen LogP contribution in [-0.4, -0.2) is 41.7 Å². The molecule has 1 atom stereocenters. The van der Waals surface area contributed by atoms with E-state index in [1.807, 2.05) is 31.2 Å². The third-order valence-electron chi connectivity index (χ3n) is 4.43. The van der Waals surface area contributed by atoms with Crippen molar-refractivity contribution in [3.8, 4) is 17.6 Å². The van der Waals surface area contributed by atoms with E-state index < -0.39 is 46.4 Å². The molecule has 0 aliphatic rings. The standard InChI is InChI=1S/C26H35NO7/c1-9-18(19-13-15-21(32-8)16-14-19)11-10-12-20(17-27(30)31)22(23(28)33-25(2,3)4)24(29)34-26(5,6)7/h11,13-16,20,22H,9,17H2,1-8H3/b18-11+. The molecule has 0 fully saturated rings. The number of hydrogen-bond donors (Lipinski definition) is 0. The summed E-state index contributed by atoms with van der Waals surface area (Å²) in [7, 11) is 1.58.